The molecule has 7 nitrogen and oxygen atoms in total. The third kappa shape index (κ3) is 4.03. The van der Waals surface area contributed by atoms with Crippen LogP contribution >= 0.6 is 0 Å². The highest BCUT2D eigenvalue weighted by atomic mass is 16.5. The number of imidazole rings is 1. The van der Waals surface area contributed by atoms with Crippen LogP contribution in [0.15, 0.2) is 54.8 Å². The summed E-state index contributed by atoms with van der Waals surface area (Å²) in [6, 6.07) is 5.02. The Morgan fingerprint density at radius 1 is 1.39 bits per heavy atom. The predicted molar refractivity (Wildman–Crippen MR) is 104 cm³/mol. The lowest BCUT2D eigenvalue weighted by atomic mass is 10.1. The fourth-order valence-electron chi connectivity index (χ4n) is 2.87. The molecule has 0 radical (unpaired) electrons. The van der Waals surface area contributed by atoms with Crippen LogP contribution in [0.5, 0.6) is 11.8 Å². The number of carboxylic acid groups (broad SMARTS) is 1. The average Bonchev–Trinajstić information content (AvgIpc) is 3.03. The van der Waals surface area contributed by atoms with Crippen molar-refractivity contribution in [3.05, 3.63) is 77.3 Å². The van der Waals surface area contributed by atoms with Gasteiger partial charge in [-0.3, -0.25) is 4.79 Å². The minimum atomic E-state index is -1.02. The largest absolute Gasteiger partial charge is 0.478 e. The first-order valence-corrected chi connectivity index (χ1v) is 8.77. The van der Waals surface area contributed by atoms with E-state index in [1.807, 2.05) is 25.2 Å². The maximum atomic E-state index is 12.4. The number of H-pyrrole nitrogens is 1. The van der Waals surface area contributed by atoms with E-state index in [1.165, 1.54) is 6.07 Å². The van der Waals surface area contributed by atoms with Crippen LogP contribution in [0.1, 0.15) is 34.2 Å². The van der Waals surface area contributed by atoms with Gasteiger partial charge in [0.25, 0.3) is 6.01 Å². The Morgan fingerprint density at radius 2 is 2.18 bits per heavy atom. The van der Waals surface area contributed by atoms with E-state index in [1.54, 1.807) is 30.0 Å². The molecule has 0 saturated heterocycles. The van der Waals surface area contributed by atoms with Crippen molar-refractivity contribution in [2.75, 3.05) is 0 Å². The Labute approximate surface area is 162 Å². The van der Waals surface area contributed by atoms with Gasteiger partial charge in [-0.1, -0.05) is 30.9 Å². The predicted octanol–water partition coefficient (Wildman–Crippen LogP) is 3.74. The highest BCUT2D eigenvalue weighted by molar-refractivity contribution is 5.89. The van der Waals surface area contributed by atoms with Crippen molar-refractivity contribution in [3.8, 4) is 11.8 Å². The first-order valence-electron chi connectivity index (χ1n) is 8.77. The van der Waals surface area contributed by atoms with Gasteiger partial charge in [-0.2, -0.15) is 4.98 Å². The van der Waals surface area contributed by atoms with Gasteiger partial charge in [-0.05, 0) is 37.6 Å². The summed E-state index contributed by atoms with van der Waals surface area (Å²) in [5.41, 5.74) is 2.78. The molecule has 1 aromatic heterocycles. The molecule has 0 bridgehead atoms. The molecular formula is C21H21N3O4. The van der Waals surface area contributed by atoms with Crippen molar-refractivity contribution in [1.29, 1.82) is 0 Å². The molecule has 7 heteroatoms. The molecule has 2 aromatic rings. The number of aromatic amines is 1. The molecule has 0 atom stereocenters. The Bertz CT molecular complexity index is 1000. The van der Waals surface area contributed by atoms with Crippen molar-refractivity contribution < 1.29 is 19.4 Å². The highest BCUT2D eigenvalue weighted by Crippen LogP contribution is 2.27. The van der Waals surface area contributed by atoms with E-state index in [-0.39, 0.29) is 23.9 Å². The molecule has 0 saturated carbocycles. The second-order valence-corrected chi connectivity index (χ2v) is 6.38. The number of aromatic carboxylic acids is 1. The Balaban J connectivity index is 1.78. The normalized spacial score (nSPS) is 13.9. The van der Waals surface area contributed by atoms with E-state index in [4.69, 9.17) is 4.74 Å². The van der Waals surface area contributed by atoms with Crippen molar-refractivity contribution >= 4 is 11.9 Å². The number of carbonyl (C=O) groups is 2. The Morgan fingerprint density at radius 3 is 2.89 bits per heavy atom. The zero-order valence-corrected chi connectivity index (χ0v) is 15.7. The molecule has 0 unspecified atom stereocenters. The lowest BCUT2D eigenvalue weighted by Crippen LogP contribution is -2.34. The smallest absolute Gasteiger partial charge is 0.336 e. The zero-order valence-electron chi connectivity index (χ0n) is 15.7. The summed E-state index contributed by atoms with van der Waals surface area (Å²) in [6.07, 6.45) is 7.49. The minimum absolute atomic E-state index is 0.0934. The number of hydrogen-bond donors (Lipinski definition) is 2. The van der Waals surface area contributed by atoms with Gasteiger partial charge in [-0.25, -0.2) is 4.79 Å². The third-order valence-corrected chi connectivity index (χ3v) is 4.37. The van der Waals surface area contributed by atoms with Gasteiger partial charge in [0.05, 0.1) is 29.9 Å². The minimum Gasteiger partial charge on any atom is -0.478 e. The Hall–Kier alpha value is -3.61. The van der Waals surface area contributed by atoms with Crippen molar-refractivity contribution in [1.82, 2.24) is 14.9 Å². The molecule has 2 N–H and O–H groups in total. The number of amides is 1. The van der Waals surface area contributed by atoms with E-state index in [0.717, 1.165) is 5.69 Å². The maximum Gasteiger partial charge on any atom is 0.336 e. The van der Waals surface area contributed by atoms with Crippen LogP contribution in [0.4, 0.5) is 0 Å². The van der Waals surface area contributed by atoms with Gasteiger partial charge >= 0.3 is 5.97 Å². The summed E-state index contributed by atoms with van der Waals surface area (Å²) >= 11 is 0. The molecule has 3 rings (SSSR count). The van der Waals surface area contributed by atoms with Crippen LogP contribution in [-0.2, 0) is 17.8 Å². The zero-order chi connectivity index (χ0) is 20.3. The van der Waals surface area contributed by atoms with Crippen molar-refractivity contribution in [3.63, 3.8) is 0 Å². The van der Waals surface area contributed by atoms with Crippen LogP contribution in [0.2, 0.25) is 0 Å². The number of aromatic nitrogens is 2. The van der Waals surface area contributed by atoms with Crippen LogP contribution in [-0.4, -0.2) is 31.9 Å². The van der Waals surface area contributed by atoms with Crippen molar-refractivity contribution in [2.24, 2.45) is 0 Å². The fraction of sp³-hybridized carbons (Fsp3) is 0.190. The van der Waals surface area contributed by atoms with E-state index in [2.05, 4.69) is 16.5 Å². The molecular weight excluding hydrogens is 358 g/mol. The number of benzene rings is 1. The summed E-state index contributed by atoms with van der Waals surface area (Å²) in [6.45, 7) is 7.89. The molecule has 0 fully saturated rings. The van der Waals surface area contributed by atoms with E-state index >= 15 is 0 Å². The number of fused-ring (bicyclic) bond motifs is 1. The number of carbonyl (C=O) groups excluding carboxylic acids is 1. The van der Waals surface area contributed by atoms with Crippen LogP contribution in [0, 0.1) is 6.92 Å². The molecule has 2 heterocycles. The second-order valence-electron chi connectivity index (χ2n) is 6.38. The number of ether oxygens (including phenoxy) is 1. The van der Waals surface area contributed by atoms with Crippen LogP contribution < -0.4 is 4.74 Å². The quantitative estimate of drug-likeness (QED) is 0.746. The summed E-state index contributed by atoms with van der Waals surface area (Å²) < 4.78 is 5.68. The second kappa shape index (κ2) is 7.96. The van der Waals surface area contributed by atoms with Gasteiger partial charge in [0, 0.05) is 5.70 Å². The lowest BCUT2D eigenvalue weighted by Gasteiger charge is -2.26. The molecule has 0 aliphatic carbocycles. The van der Waals surface area contributed by atoms with Gasteiger partial charge in [0.1, 0.15) is 5.75 Å². The summed E-state index contributed by atoms with van der Waals surface area (Å²) in [7, 11) is 0. The van der Waals surface area contributed by atoms with E-state index in [0.29, 0.717) is 29.2 Å². The first-order chi connectivity index (χ1) is 13.4. The summed E-state index contributed by atoms with van der Waals surface area (Å²) in [4.78, 5) is 32.7. The van der Waals surface area contributed by atoms with Gasteiger partial charge in [0.15, 0.2) is 0 Å². The number of nitrogens with one attached hydrogen (secondary N) is 1. The molecule has 28 heavy (non-hydrogen) atoms. The van der Waals surface area contributed by atoms with Gasteiger partial charge < -0.3 is 19.7 Å². The van der Waals surface area contributed by atoms with Crippen molar-refractivity contribution in [2.45, 2.75) is 26.8 Å². The molecule has 0 spiro atoms. The monoisotopic (exact) mass is 379 g/mol. The SMILES string of the molecule is C=C(/C=C\C=C/C)N1Cc2[nH]c(Oc3ccc(C)c(C(=O)O)c3)nc2CC1=O. The topological polar surface area (TPSA) is 95.5 Å². The van der Waals surface area contributed by atoms with E-state index in [9.17, 15) is 14.7 Å². The van der Waals surface area contributed by atoms with Gasteiger partial charge in [0.2, 0.25) is 5.91 Å². The standard InChI is InChI=1S/C21H21N3O4/c1-4-5-6-7-14(3)24-12-18-17(11-19(24)25)22-21(23-18)28-15-9-8-13(2)16(10-15)20(26)27/h4-10H,3,11-12H2,1-2H3,(H,22,23)(H,26,27)/b5-4-,7-6-. The molecule has 1 aromatic carbocycles. The average molecular weight is 379 g/mol. The van der Waals surface area contributed by atoms with Gasteiger partial charge in [-0.15, -0.1) is 0 Å². The molecule has 1 aliphatic heterocycles. The van der Waals surface area contributed by atoms with Crippen LogP contribution in [0.3, 0.4) is 0 Å². The summed E-state index contributed by atoms with van der Waals surface area (Å²) in [5.74, 6) is -0.757. The molecule has 1 amide bonds. The summed E-state index contributed by atoms with van der Waals surface area (Å²) in [5, 5.41) is 9.24. The fourth-order valence-corrected chi connectivity index (χ4v) is 2.87. The van der Waals surface area contributed by atoms with Crippen LogP contribution in [0.25, 0.3) is 0 Å². The number of hydrogen-bond acceptors (Lipinski definition) is 4. The first kappa shape index (κ1) is 19.2. The number of allylic oxidation sites excluding steroid dienone is 4. The number of carboxylic acids is 1. The number of rotatable bonds is 6. The molecule has 144 valence electrons. The molecule has 1 aliphatic rings. The lowest BCUT2D eigenvalue weighted by molar-refractivity contribution is -0.129. The third-order valence-electron chi connectivity index (χ3n) is 4.37. The van der Waals surface area contributed by atoms with E-state index < -0.39 is 5.97 Å². The number of aryl methyl sites for hydroxylation is 1. The maximum absolute atomic E-state index is 12.4. The number of nitrogens with zero attached hydrogens (tertiary/aromatic N) is 2. The Kier molecular flexibility index (Phi) is 5.44. The highest BCUT2D eigenvalue weighted by Gasteiger charge is 2.27.